The summed E-state index contributed by atoms with van der Waals surface area (Å²) in [6, 6.07) is 5.72. The molecule has 19 heavy (non-hydrogen) atoms. The van der Waals surface area contributed by atoms with E-state index in [4.69, 9.17) is 10.5 Å². The van der Waals surface area contributed by atoms with Gasteiger partial charge in [0.1, 0.15) is 5.82 Å². The van der Waals surface area contributed by atoms with E-state index in [-0.39, 0.29) is 0 Å². The third-order valence-electron chi connectivity index (χ3n) is 2.59. The zero-order valence-corrected chi connectivity index (χ0v) is 11.9. The van der Waals surface area contributed by atoms with Gasteiger partial charge in [-0.3, -0.25) is 0 Å². The minimum atomic E-state index is 0.573. The summed E-state index contributed by atoms with van der Waals surface area (Å²) in [5.74, 6) is 2.23. The average molecular weight is 279 g/mol. The predicted octanol–water partition coefficient (Wildman–Crippen LogP) is 1.24. The molecule has 2 rings (SSSR count). The lowest BCUT2D eigenvalue weighted by Gasteiger charge is -2.06. The maximum Gasteiger partial charge on any atom is 0.213 e. The fourth-order valence-electron chi connectivity index (χ4n) is 1.64. The Bertz CT molecular complexity index is 543. The van der Waals surface area contributed by atoms with Crippen molar-refractivity contribution in [2.45, 2.75) is 24.4 Å². The molecule has 0 aromatic carbocycles. The molecular formula is C12H17N5OS. The molecule has 2 heterocycles. The highest BCUT2D eigenvalue weighted by Gasteiger charge is 2.09. The molecule has 0 radical (unpaired) electrons. The highest BCUT2D eigenvalue weighted by Crippen LogP contribution is 2.21. The van der Waals surface area contributed by atoms with Gasteiger partial charge in [0.15, 0.2) is 5.16 Å². The summed E-state index contributed by atoms with van der Waals surface area (Å²) in [5, 5.41) is 9.09. The normalized spacial score (nSPS) is 10.7. The Morgan fingerprint density at radius 3 is 2.95 bits per heavy atom. The van der Waals surface area contributed by atoms with Crippen LogP contribution in [0.25, 0.3) is 0 Å². The minimum absolute atomic E-state index is 0.573. The average Bonchev–Trinajstić information content (AvgIpc) is 2.78. The molecule has 0 amide bonds. The third-order valence-corrected chi connectivity index (χ3v) is 3.59. The number of rotatable bonds is 6. The van der Waals surface area contributed by atoms with Crippen molar-refractivity contribution in [2.75, 3.05) is 13.7 Å². The molecule has 0 unspecified atom stereocenters. The Kier molecular flexibility index (Phi) is 4.75. The lowest BCUT2D eigenvalue weighted by Crippen LogP contribution is -2.12. The van der Waals surface area contributed by atoms with Gasteiger partial charge in [-0.25, -0.2) is 4.98 Å². The van der Waals surface area contributed by atoms with Crippen LogP contribution in [0.5, 0.6) is 5.88 Å². The summed E-state index contributed by atoms with van der Waals surface area (Å²) in [6.45, 7) is 3.23. The van der Waals surface area contributed by atoms with Gasteiger partial charge in [0.05, 0.1) is 12.8 Å². The van der Waals surface area contributed by atoms with Crippen LogP contribution in [0.2, 0.25) is 0 Å². The van der Waals surface area contributed by atoms with Crippen molar-refractivity contribution in [1.29, 1.82) is 0 Å². The summed E-state index contributed by atoms with van der Waals surface area (Å²) in [5.41, 5.74) is 6.54. The molecule has 2 aromatic rings. The number of aryl methyl sites for hydroxylation is 1. The second-order valence-corrected chi connectivity index (χ2v) is 4.87. The maximum absolute atomic E-state index is 5.59. The highest BCUT2D eigenvalue weighted by molar-refractivity contribution is 7.98. The Morgan fingerprint density at radius 1 is 1.37 bits per heavy atom. The molecule has 0 aliphatic carbocycles. The highest BCUT2D eigenvalue weighted by atomic mass is 32.2. The zero-order chi connectivity index (χ0) is 13.7. The minimum Gasteiger partial charge on any atom is -0.481 e. The third kappa shape index (κ3) is 3.45. The van der Waals surface area contributed by atoms with E-state index in [9.17, 15) is 0 Å². The summed E-state index contributed by atoms with van der Waals surface area (Å²) in [4.78, 5) is 4.36. The largest absolute Gasteiger partial charge is 0.481 e. The van der Waals surface area contributed by atoms with Crippen LogP contribution in [-0.4, -0.2) is 33.4 Å². The number of aromatic nitrogens is 4. The van der Waals surface area contributed by atoms with Crippen LogP contribution < -0.4 is 10.5 Å². The van der Waals surface area contributed by atoms with Crippen LogP contribution in [0.3, 0.4) is 0 Å². The Hall–Kier alpha value is -1.60. The van der Waals surface area contributed by atoms with Crippen molar-refractivity contribution in [1.82, 2.24) is 19.7 Å². The van der Waals surface area contributed by atoms with Gasteiger partial charge in [0, 0.05) is 24.9 Å². The quantitative estimate of drug-likeness (QED) is 0.802. The van der Waals surface area contributed by atoms with E-state index in [0.717, 1.165) is 29.0 Å². The number of hydrogen-bond donors (Lipinski definition) is 1. The van der Waals surface area contributed by atoms with Crippen molar-refractivity contribution in [3.63, 3.8) is 0 Å². The molecule has 2 aromatic heterocycles. The standard InChI is InChI=1S/C12H17N5OS/c1-9-15-16-12(17(9)7-6-13)19-8-10-4-3-5-11(14-10)18-2/h3-5H,6-8,13H2,1-2H3. The Morgan fingerprint density at radius 2 is 2.21 bits per heavy atom. The van der Waals surface area contributed by atoms with E-state index < -0.39 is 0 Å². The fourth-order valence-corrected chi connectivity index (χ4v) is 2.56. The molecule has 0 atom stereocenters. The molecule has 7 heteroatoms. The van der Waals surface area contributed by atoms with Gasteiger partial charge < -0.3 is 15.0 Å². The zero-order valence-electron chi connectivity index (χ0n) is 11.0. The van der Waals surface area contributed by atoms with Gasteiger partial charge in [-0.15, -0.1) is 10.2 Å². The van der Waals surface area contributed by atoms with Gasteiger partial charge in [-0.05, 0) is 13.0 Å². The molecule has 0 aliphatic heterocycles. The summed E-state index contributed by atoms with van der Waals surface area (Å²) >= 11 is 1.60. The smallest absolute Gasteiger partial charge is 0.213 e. The van der Waals surface area contributed by atoms with Crippen molar-refractivity contribution >= 4 is 11.8 Å². The Labute approximate surface area is 116 Å². The van der Waals surface area contributed by atoms with Gasteiger partial charge in [-0.2, -0.15) is 0 Å². The van der Waals surface area contributed by atoms with Crippen molar-refractivity contribution in [3.05, 3.63) is 29.7 Å². The molecule has 0 fully saturated rings. The molecule has 0 saturated carbocycles. The van der Waals surface area contributed by atoms with E-state index in [2.05, 4.69) is 15.2 Å². The summed E-state index contributed by atoms with van der Waals surface area (Å²) in [7, 11) is 1.61. The molecule has 102 valence electrons. The van der Waals surface area contributed by atoms with Crippen LogP contribution >= 0.6 is 11.8 Å². The number of hydrogen-bond acceptors (Lipinski definition) is 6. The predicted molar refractivity (Wildman–Crippen MR) is 74.2 cm³/mol. The van der Waals surface area contributed by atoms with Gasteiger partial charge in [0.2, 0.25) is 5.88 Å². The van der Waals surface area contributed by atoms with Crippen molar-refractivity contribution < 1.29 is 4.74 Å². The van der Waals surface area contributed by atoms with Crippen molar-refractivity contribution in [3.8, 4) is 5.88 Å². The van der Waals surface area contributed by atoms with Crippen LogP contribution in [0.1, 0.15) is 11.5 Å². The van der Waals surface area contributed by atoms with Gasteiger partial charge in [-0.1, -0.05) is 17.8 Å². The molecule has 0 saturated heterocycles. The first-order valence-electron chi connectivity index (χ1n) is 5.97. The van der Waals surface area contributed by atoms with Crippen LogP contribution in [0.4, 0.5) is 0 Å². The number of thioether (sulfide) groups is 1. The second-order valence-electron chi connectivity index (χ2n) is 3.93. The Balaban J connectivity index is 2.05. The van der Waals surface area contributed by atoms with E-state index in [1.807, 2.05) is 29.7 Å². The molecule has 6 nitrogen and oxygen atoms in total. The number of ether oxygens (including phenoxy) is 1. The van der Waals surface area contributed by atoms with Crippen LogP contribution in [0.15, 0.2) is 23.4 Å². The lowest BCUT2D eigenvalue weighted by molar-refractivity contribution is 0.397. The number of nitrogens with zero attached hydrogens (tertiary/aromatic N) is 4. The van der Waals surface area contributed by atoms with E-state index >= 15 is 0 Å². The topological polar surface area (TPSA) is 78.9 Å². The van der Waals surface area contributed by atoms with Gasteiger partial charge >= 0.3 is 0 Å². The summed E-state index contributed by atoms with van der Waals surface area (Å²) in [6.07, 6.45) is 0. The van der Waals surface area contributed by atoms with Gasteiger partial charge in [0.25, 0.3) is 0 Å². The first-order chi connectivity index (χ1) is 9.24. The van der Waals surface area contributed by atoms with Crippen LogP contribution in [0, 0.1) is 6.92 Å². The molecule has 2 N–H and O–H groups in total. The van der Waals surface area contributed by atoms with Crippen LogP contribution in [-0.2, 0) is 12.3 Å². The number of nitrogens with two attached hydrogens (primary N) is 1. The van der Waals surface area contributed by atoms with Crippen molar-refractivity contribution in [2.24, 2.45) is 5.73 Å². The van der Waals surface area contributed by atoms with E-state index in [0.29, 0.717) is 12.4 Å². The maximum atomic E-state index is 5.59. The molecular weight excluding hydrogens is 262 g/mol. The number of pyridine rings is 1. The van der Waals surface area contributed by atoms with E-state index in [1.165, 1.54) is 0 Å². The second kappa shape index (κ2) is 6.53. The fraction of sp³-hybridized carbons (Fsp3) is 0.417. The lowest BCUT2D eigenvalue weighted by atomic mass is 10.4. The first kappa shape index (κ1) is 13.8. The summed E-state index contributed by atoms with van der Waals surface area (Å²) < 4.78 is 7.12. The molecule has 0 spiro atoms. The monoisotopic (exact) mass is 279 g/mol. The number of methoxy groups -OCH3 is 1. The molecule has 0 bridgehead atoms. The SMILES string of the molecule is COc1cccc(CSc2nnc(C)n2CCN)n1. The molecule has 0 aliphatic rings. The van der Waals surface area contributed by atoms with E-state index in [1.54, 1.807) is 18.9 Å². The first-order valence-corrected chi connectivity index (χ1v) is 6.95.